The Morgan fingerprint density at radius 2 is 2.24 bits per heavy atom. The van der Waals surface area contributed by atoms with Crippen LogP contribution in [0.5, 0.6) is 0 Å². The lowest BCUT2D eigenvalue weighted by atomic mass is 10.3. The summed E-state index contributed by atoms with van der Waals surface area (Å²) in [7, 11) is 1.72. The van der Waals surface area contributed by atoms with Crippen LogP contribution < -0.4 is 5.73 Å². The van der Waals surface area contributed by atoms with Gasteiger partial charge in [-0.3, -0.25) is 9.58 Å². The summed E-state index contributed by atoms with van der Waals surface area (Å²) >= 11 is 0. The van der Waals surface area contributed by atoms with E-state index in [9.17, 15) is 0 Å². The van der Waals surface area contributed by atoms with Gasteiger partial charge in [0.2, 0.25) is 0 Å². The Kier molecular flexibility index (Phi) is 6.18. The van der Waals surface area contributed by atoms with Crippen molar-refractivity contribution >= 4 is 0 Å². The molecule has 0 atom stereocenters. The number of hydrogen-bond acceptors (Lipinski definition) is 4. The molecule has 0 bridgehead atoms. The van der Waals surface area contributed by atoms with E-state index in [0.717, 1.165) is 31.9 Å². The predicted molar refractivity (Wildman–Crippen MR) is 68.8 cm³/mol. The Morgan fingerprint density at radius 1 is 1.47 bits per heavy atom. The summed E-state index contributed by atoms with van der Waals surface area (Å²) in [6.07, 6.45) is 2.02. The summed E-state index contributed by atoms with van der Waals surface area (Å²) in [5.74, 6) is 0. The molecule has 0 aromatic carbocycles. The molecule has 1 rings (SSSR count). The van der Waals surface area contributed by atoms with E-state index < -0.39 is 0 Å². The van der Waals surface area contributed by atoms with Gasteiger partial charge in [-0.05, 0) is 19.9 Å². The van der Waals surface area contributed by atoms with Crippen LogP contribution in [0.15, 0.2) is 12.3 Å². The van der Waals surface area contributed by atoms with Crippen LogP contribution in [0.2, 0.25) is 0 Å². The van der Waals surface area contributed by atoms with E-state index in [1.54, 1.807) is 7.11 Å². The highest BCUT2D eigenvalue weighted by molar-refractivity contribution is 4.99. The second-order valence-electron chi connectivity index (χ2n) is 4.44. The normalized spacial score (nSPS) is 11.6. The Bertz CT molecular complexity index is 311. The lowest BCUT2D eigenvalue weighted by molar-refractivity contribution is 0.145. The monoisotopic (exact) mass is 240 g/mol. The molecule has 0 fully saturated rings. The van der Waals surface area contributed by atoms with Gasteiger partial charge in [0.05, 0.1) is 12.3 Å². The van der Waals surface area contributed by atoms with E-state index in [0.29, 0.717) is 12.6 Å². The minimum atomic E-state index is 0.408. The maximum absolute atomic E-state index is 5.60. The van der Waals surface area contributed by atoms with Crippen LogP contribution in [0.3, 0.4) is 0 Å². The quantitative estimate of drug-likeness (QED) is 0.732. The average Bonchev–Trinajstić information content (AvgIpc) is 2.75. The van der Waals surface area contributed by atoms with Gasteiger partial charge in [0.1, 0.15) is 0 Å². The molecule has 98 valence electrons. The fourth-order valence-corrected chi connectivity index (χ4v) is 1.65. The minimum Gasteiger partial charge on any atom is -0.383 e. The molecule has 1 aromatic rings. The van der Waals surface area contributed by atoms with Crippen molar-refractivity contribution in [3.05, 3.63) is 18.0 Å². The molecule has 5 nitrogen and oxygen atoms in total. The van der Waals surface area contributed by atoms with Crippen molar-refractivity contribution in [1.29, 1.82) is 0 Å². The summed E-state index contributed by atoms with van der Waals surface area (Å²) in [6, 6.07) is 2.47. The van der Waals surface area contributed by atoms with Gasteiger partial charge in [0, 0.05) is 45.5 Å². The summed E-state index contributed by atoms with van der Waals surface area (Å²) in [6.45, 7) is 8.23. The molecule has 1 heterocycles. The number of aromatic nitrogens is 2. The molecule has 0 aliphatic heterocycles. The van der Waals surface area contributed by atoms with Crippen LogP contribution in [0.1, 0.15) is 25.6 Å². The molecule has 0 saturated heterocycles. The van der Waals surface area contributed by atoms with E-state index in [1.807, 2.05) is 10.9 Å². The molecular weight excluding hydrogens is 216 g/mol. The first-order chi connectivity index (χ1) is 8.17. The minimum absolute atomic E-state index is 0.408. The van der Waals surface area contributed by atoms with Gasteiger partial charge < -0.3 is 10.5 Å². The number of nitrogens with two attached hydrogens (primary N) is 1. The number of rotatable bonds is 8. The third-order valence-electron chi connectivity index (χ3n) is 2.64. The molecule has 5 heteroatoms. The first-order valence-electron chi connectivity index (χ1n) is 6.12. The highest BCUT2D eigenvalue weighted by Gasteiger charge is 2.08. The molecule has 0 spiro atoms. The fraction of sp³-hybridized carbons (Fsp3) is 0.750. The van der Waals surface area contributed by atoms with Gasteiger partial charge in [0.15, 0.2) is 0 Å². The zero-order valence-electron chi connectivity index (χ0n) is 11.1. The zero-order valence-corrected chi connectivity index (χ0v) is 11.1. The van der Waals surface area contributed by atoms with E-state index in [-0.39, 0.29) is 0 Å². The van der Waals surface area contributed by atoms with Crippen LogP contribution in [0.25, 0.3) is 0 Å². The Balaban J connectivity index is 2.52. The molecule has 17 heavy (non-hydrogen) atoms. The van der Waals surface area contributed by atoms with E-state index in [4.69, 9.17) is 10.5 Å². The first-order valence-corrected chi connectivity index (χ1v) is 6.12. The predicted octanol–water partition coefficient (Wildman–Crippen LogP) is 0.871. The van der Waals surface area contributed by atoms with E-state index in [2.05, 4.69) is 29.9 Å². The summed E-state index contributed by atoms with van der Waals surface area (Å²) in [4.78, 5) is 2.26. The maximum atomic E-state index is 5.60. The summed E-state index contributed by atoms with van der Waals surface area (Å²) in [5, 5.41) is 4.53. The number of hydrogen-bond donors (Lipinski definition) is 1. The van der Waals surface area contributed by atoms with Crippen molar-refractivity contribution in [2.24, 2.45) is 5.73 Å². The van der Waals surface area contributed by atoms with Crippen molar-refractivity contribution in [1.82, 2.24) is 14.7 Å². The number of methoxy groups -OCH3 is 1. The Morgan fingerprint density at radius 3 is 2.76 bits per heavy atom. The summed E-state index contributed by atoms with van der Waals surface area (Å²) in [5.41, 5.74) is 6.69. The Hall–Kier alpha value is -0.910. The lowest BCUT2D eigenvalue weighted by Crippen LogP contribution is -2.32. The van der Waals surface area contributed by atoms with Crippen LogP contribution in [-0.2, 0) is 11.3 Å². The molecule has 2 N–H and O–H groups in total. The zero-order chi connectivity index (χ0) is 12.7. The summed E-state index contributed by atoms with van der Waals surface area (Å²) < 4.78 is 7.07. The van der Waals surface area contributed by atoms with Crippen LogP contribution in [0.4, 0.5) is 0 Å². The number of ether oxygens (including phenoxy) is 1. The van der Waals surface area contributed by atoms with Crippen molar-refractivity contribution in [2.75, 3.05) is 33.4 Å². The lowest BCUT2D eigenvalue weighted by Gasteiger charge is -2.19. The maximum Gasteiger partial charge on any atom is 0.0764 e. The smallest absolute Gasteiger partial charge is 0.0764 e. The molecule has 0 unspecified atom stereocenters. The van der Waals surface area contributed by atoms with Crippen molar-refractivity contribution in [3.8, 4) is 0 Å². The molecule has 0 saturated carbocycles. The number of nitrogens with zero attached hydrogens (tertiary/aromatic N) is 3. The second kappa shape index (κ2) is 7.42. The molecule has 0 amide bonds. The SMILES string of the molecule is COCCN(CCN)Cc1ccn(C(C)C)n1. The van der Waals surface area contributed by atoms with Crippen LogP contribution in [0, 0.1) is 0 Å². The van der Waals surface area contributed by atoms with Gasteiger partial charge in [-0.15, -0.1) is 0 Å². The molecule has 0 aliphatic rings. The van der Waals surface area contributed by atoms with Gasteiger partial charge in [0.25, 0.3) is 0 Å². The van der Waals surface area contributed by atoms with Gasteiger partial charge >= 0.3 is 0 Å². The Labute approximate surface area is 104 Å². The first kappa shape index (κ1) is 14.2. The van der Waals surface area contributed by atoms with Crippen LogP contribution in [-0.4, -0.2) is 48.0 Å². The molecule has 0 radical (unpaired) electrons. The fourth-order valence-electron chi connectivity index (χ4n) is 1.65. The third-order valence-corrected chi connectivity index (χ3v) is 2.64. The molecule has 1 aromatic heterocycles. The van der Waals surface area contributed by atoms with E-state index in [1.165, 1.54) is 0 Å². The highest BCUT2D eigenvalue weighted by Crippen LogP contribution is 2.06. The molecular formula is C12H24N4O. The topological polar surface area (TPSA) is 56.3 Å². The molecule has 0 aliphatic carbocycles. The van der Waals surface area contributed by atoms with Crippen LogP contribution >= 0.6 is 0 Å². The van der Waals surface area contributed by atoms with E-state index >= 15 is 0 Å². The van der Waals surface area contributed by atoms with Crippen molar-refractivity contribution in [2.45, 2.75) is 26.4 Å². The van der Waals surface area contributed by atoms with Gasteiger partial charge in [-0.25, -0.2) is 0 Å². The third kappa shape index (κ3) is 4.85. The van der Waals surface area contributed by atoms with Crippen molar-refractivity contribution in [3.63, 3.8) is 0 Å². The highest BCUT2D eigenvalue weighted by atomic mass is 16.5. The van der Waals surface area contributed by atoms with Gasteiger partial charge in [-0.2, -0.15) is 5.10 Å². The average molecular weight is 240 g/mol. The largest absolute Gasteiger partial charge is 0.383 e. The second-order valence-corrected chi connectivity index (χ2v) is 4.44. The standard InChI is InChI=1S/C12H24N4O/c1-11(2)16-6-4-12(14-16)10-15(7-5-13)8-9-17-3/h4,6,11H,5,7-10,13H2,1-3H3. The van der Waals surface area contributed by atoms with Crippen molar-refractivity contribution < 1.29 is 4.74 Å². The van der Waals surface area contributed by atoms with Gasteiger partial charge in [-0.1, -0.05) is 0 Å².